The Morgan fingerprint density at radius 2 is 2.03 bits per heavy atom. The Morgan fingerprint density at radius 1 is 1.23 bits per heavy atom. The molecule has 0 saturated carbocycles. The van der Waals surface area contributed by atoms with E-state index in [1.165, 1.54) is 12.5 Å². The molecule has 2 N–H and O–H groups in total. The first kappa shape index (κ1) is 21.2. The minimum absolute atomic E-state index is 0.157. The van der Waals surface area contributed by atoms with Crippen LogP contribution in [0.15, 0.2) is 30.3 Å². The van der Waals surface area contributed by atoms with Crippen molar-refractivity contribution in [2.24, 2.45) is 0 Å². The van der Waals surface area contributed by atoms with Crippen LogP contribution in [0.1, 0.15) is 46.7 Å². The van der Waals surface area contributed by atoms with Crippen LogP contribution in [0, 0.1) is 5.82 Å². The third-order valence-corrected chi connectivity index (χ3v) is 5.62. The number of aryl methyl sites for hydroxylation is 1. The molecular formula is C23H29FN6O. The summed E-state index contributed by atoms with van der Waals surface area (Å²) < 4.78 is 16.1. The van der Waals surface area contributed by atoms with Crippen molar-refractivity contribution in [3.05, 3.63) is 58.8 Å². The maximum atomic E-state index is 14.2. The third kappa shape index (κ3) is 4.85. The van der Waals surface area contributed by atoms with Crippen LogP contribution < -0.4 is 5.32 Å². The van der Waals surface area contributed by atoms with Crippen molar-refractivity contribution < 1.29 is 9.18 Å². The lowest BCUT2D eigenvalue weighted by Crippen LogP contribution is -2.29. The van der Waals surface area contributed by atoms with Gasteiger partial charge in [-0.3, -0.25) is 14.6 Å². The largest absolute Gasteiger partial charge is 0.349 e. The number of amides is 1. The van der Waals surface area contributed by atoms with E-state index in [1.807, 2.05) is 29.7 Å². The maximum absolute atomic E-state index is 14.2. The zero-order valence-electron chi connectivity index (χ0n) is 18.1. The van der Waals surface area contributed by atoms with Crippen LogP contribution in [-0.4, -0.2) is 51.4 Å². The monoisotopic (exact) mass is 424 g/mol. The van der Waals surface area contributed by atoms with Crippen molar-refractivity contribution in [3.8, 4) is 11.3 Å². The molecule has 1 aromatic carbocycles. The van der Waals surface area contributed by atoms with Crippen molar-refractivity contribution >= 4 is 5.91 Å². The minimum atomic E-state index is -0.295. The van der Waals surface area contributed by atoms with E-state index in [2.05, 4.69) is 20.6 Å². The Kier molecular flexibility index (Phi) is 6.46. The van der Waals surface area contributed by atoms with E-state index < -0.39 is 0 Å². The second kappa shape index (κ2) is 9.43. The lowest BCUT2D eigenvalue weighted by atomic mass is 10.1. The molecule has 4 rings (SSSR count). The number of carbonyl (C=O) groups is 1. The topological polar surface area (TPSA) is 78.8 Å². The number of nitrogens with one attached hydrogen (secondary N) is 2. The molecule has 0 unspecified atom stereocenters. The Balaban J connectivity index is 1.46. The number of hydrogen-bond donors (Lipinski definition) is 2. The first-order chi connectivity index (χ1) is 15.0. The number of nitrogens with zero attached hydrogens (tertiary/aromatic N) is 4. The number of fused-ring (bicyclic) bond motifs is 1. The van der Waals surface area contributed by atoms with E-state index in [0.717, 1.165) is 42.6 Å². The second-order valence-electron chi connectivity index (χ2n) is 8.31. The van der Waals surface area contributed by atoms with Crippen LogP contribution in [0.2, 0.25) is 0 Å². The molecule has 0 atom stereocenters. The Bertz CT molecular complexity index is 1050. The van der Waals surface area contributed by atoms with Gasteiger partial charge in [0.1, 0.15) is 5.82 Å². The standard InChI is InChI=1S/C23H29FN6O/c1-29(2)15-16-14-21(17-8-6-7-10-19(17)24)28-30(16)13-12-25-23(31)22-18-9-4-3-5-11-20(18)26-27-22/h6-8,10,14H,3-5,9,11-13,15H2,1-2H3,(H,25,31)(H,26,27). The number of aromatic nitrogens is 4. The van der Waals surface area contributed by atoms with Crippen LogP contribution in [0.3, 0.4) is 0 Å². The molecular weight excluding hydrogens is 395 g/mol. The van der Waals surface area contributed by atoms with Gasteiger partial charge in [0.2, 0.25) is 0 Å². The molecule has 1 aliphatic rings. The third-order valence-electron chi connectivity index (χ3n) is 5.62. The molecule has 164 valence electrons. The van der Waals surface area contributed by atoms with E-state index in [1.54, 1.807) is 18.2 Å². The van der Waals surface area contributed by atoms with Gasteiger partial charge in [-0.05, 0) is 58.0 Å². The van der Waals surface area contributed by atoms with Crippen molar-refractivity contribution in [3.63, 3.8) is 0 Å². The van der Waals surface area contributed by atoms with E-state index in [0.29, 0.717) is 36.6 Å². The van der Waals surface area contributed by atoms with Gasteiger partial charge in [0.15, 0.2) is 5.69 Å². The summed E-state index contributed by atoms with van der Waals surface area (Å²) in [5, 5.41) is 14.9. The van der Waals surface area contributed by atoms with E-state index in [4.69, 9.17) is 0 Å². The fourth-order valence-electron chi connectivity index (χ4n) is 4.11. The average molecular weight is 425 g/mol. The normalized spacial score (nSPS) is 13.8. The Morgan fingerprint density at radius 3 is 2.84 bits per heavy atom. The minimum Gasteiger partial charge on any atom is -0.349 e. The van der Waals surface area contributed by atoms with Gasteiger partial charge >= 0.3 is 0 Å². The SMILES string of the molecule is CN(C)Cc1cc(-c2ccccc2F)nn1CCNC(=O)c1n[nH]c2c1CCCCC2. The van der Waals surface area contributed by atoms with Gasteiger partial charge in [0.25, 0.3) is 5.91 Å². The second-order valence-corrected chi connectivity index (χ2v) is 8.31. The first-order valence-electron chi connectivity index (χ1n) is 10.8. The highest BCUT2D eigenvalue weighted by Gasteiger charge is 2.21. The number of aromatic amines is 1. The Labute approximate surface area is 181 Å². The highest BCUT2D eigenvalue weighted by Crippen LogP contribution is 2.23. The lowest BCUT2D eigenvalue weighted by Gasteiger charge is -2.12. The van der Waals surface area contributed by atoms with Gasteiger partial charge in [0.05, 0.1) is 17.9 Å². The summed E-state index contributed by atoms with van der Waals surface area (Å²) in [5.74, 6) is -0.453. The Hall–Kier alpha value is -3.00. The molecule has 0 saturated heterocycles. The summed E-state index contributed by atoms with van der Waals surface area (Å²) in [5.41, 5.74) is 4.70. The van der Waals surface area contributed by atoms with Crippen molar-refractivity contribution in [1.82, 2.24) is 30.2 Å². The van der Waals surface area contributed by atoms with Gasteiger partial charge < -0.3 is 10.2 Å². The number of H-pyrrole nitrogens is 1. The predicted octanol–water partition coefficient (Wildman–Crippen LogP) is 3.17. The number of hydrogen-bond acceptors (Lipinski definition) is 4. The van der Waals surface area contributed by atoms with Crippen LogP contribution in [0.25, 0.3) is 11.3 Å². The van der Waals surface area contributed by atoms with Crippen molar-refractivity contribution in [1.29, 1.82) is 0 Å². The maximum Gasteiger partial charge on any atom is 0.272 e. The number of benzene rings is 1. The van der Waals surface area contributed by atoms with Gasteiger partial charge in [-0.15, -0.1) is 0 Å². The van der Waals surface area contributed by atoms with Crippen molar-refractivity contribution in [2.45, 2.75) is 45.2 Å². The molecule has 0 radical (unpaired) electrons. The van der Waals surface area contributed by atoms with Crippen LogP contribution >= 0.6 is 0 Å². The molecule has 2 aromatic heterocycles. The van der Waals surface area contributed by atoms with Crippen LogP contribution in [-0.2, 0) is 25.9 Å². The van der Waals surface area contributed by atoms with Gasteiger partial charge in [-0.1, -0.05) is 18.6 Å². The first-order valence-corrected chi connectivity index (χ1v) is 10.8. The molecule has 0 bridgehead atoms. The molecule has 31 heavy (non-hydrogen) atoms. The zero-order valence-corrected chi connectivity index (χ0v) is 18.1. The molecule has 0 fully saturated rings. The predicted molar refractivity (Wildman–Crippen MR) is 117 cm³/mol. The number of carbonyl (C=O) groups excluding carboxylic acids is 1. The molecule has 0 aliphatic heterocycles. The summed E-state index contributed by atoms with van der Waals surface area (Å²) in [4.78, 5) is 14.8. The molecule has 8 heteroatoms. The summed E-state index contributed by atoms with van der Waals surface area (Å²) in [6, 6.07) is 8.55. The smallest absolute Gasteiger partial charge is 0.272 e. The van der Waals surface area contributed by atoms with E-state index >= 15 is 0 Å². The molecule has 3 aromatic rings. The molecule has 1 amide bonds. The number of rotatable bonds is 7. The fraction of sp³-hybridized carbons (Fsp3) is 0.435. The summed E-state index contributed by atoms with van der Waals surface area (Å²) >= 11 is 0. The summed E-state index contributed by atoms with van der Waals surface area (Å²) in [7, 11) is 3.95. The lowest BCUT2D eigenvalue weighted by molar-refractivity contribution is 0.0945. The fourth-order valence-corrected chi connectivity index (χ4v) is 4.11. The van der Waals surface area contributed by atoms with Crippen LogP contribution in [0.4, 0.5) is 4.39 Å². The summed E-state index contributed by atoms with van der Waals surface area (Å²) in [6.45, 7) is 1.58. The quantitative estimate of drug-likeness (QED) is 0.571. The zero-order chi connectivity index (χ0) is 21.8. The molecule has 7 nitrogen and oxygen atoms in total. The summed E-state index contributed by atoms with van der Waals surface area (Å²) in [6.07, 6.45) is 5.26. The highest BCUT2D eigenvalue weighted by atomic mass is 19.1. The van der Waals surface area contributed by atoms with Crippen LogP contribution in [0.5, 0.6) is 0 Å². The van der Waals surface area contributed by atoms with Gasteiger partial charge in [0, 0.05) is 29.9 Å². The van der Waals surface area contributed by atoms with E-state index in [-0.39, 0.29) is 11.7 Å². The highest BCUT2D eigenvalue weighted by molar-refractivity contribution is 5.94. The molecule has 1 aliphatic carbocycles. The van der Waals surface area contributed by atoms with E-state index in [9.17, 15) is 9.18 Å². The molecule has 2 heterocycles. The molecule has 0 spiro atoms. The van der Waals surface area contributed by atoms with Crippen molar-refractivity contribution in [2.75, 3.05) is 20.6 Å². The average Bonchev–Trinajstić information content (AvgIpc) is 3.24. The van der Waals surface area contributed by atoms with Gasteiger partial charge in [-0.25, -0.2) is 4.39 Å². The number of halogens is 1. The van der Waals surface area contributed by atoms with Gasteiger partial charge in [-0.2, -0.15) is 10.2 Å².